The van der Waals surface area contributed by atoms with Gasteiger partial charge in [-0.05, 0) is 20.3 Å². The van der Waals surface area contributed by atoms with Crippen molar-refractivity contribution in [3.63, 3.8) is 0 Å². The third kappa shape index (κ3) is 4.12. The van der Waals surface area contributed by atoms with Crippen LogP contribution in [0.3, 0.4) is 0 Å². The largest absolute Gasteiger partial charge is 0.476 e. The van der Waals surface area contributed by atoms with Crippen molar-refractivity contribution >= 4 is 26.8 Å². The van der Waals surface area contributed by atoms with Crippen LogP contribution in [0.5, 0.6) is 0 Å². The highest BCUT2D eigenvalue weighted by atomic mass is 32.2. The molecule has 20 heavy (non-hydrogen) atoms. The van der Waals surface area contributed by atoms with Gasteiger partial charge >= 0.3 is 5.97 Å². The Morgan fingerprint density at radius 2 is 2.15 bits per heavy atom. The van der Waals surface area contributed by atoms with E-state index >= 15 is 0 Å². The Labute approximate surface area is 119 Å². The van der Waals surface area contributed by atoms with Crippen LogP contribution in [0.15, 0.2) is 4.90 Å². The molecule has 2 atom stereocenters. The molecule has 8 nitrogen and oxygen atoms in total. The van der Waals surface area contributed by atoms with Gasteiger partial charge in [0.2, 0.25) is 10.0 Å². The number of sulfonamides is 1. The first-order valence-electron chi connectivity index (χ1n) is 5.75. The fourth-order valence-corrected chi connectivity index (χ4v) is 3.91. The fraction of sp³-hybridized carbons (Fsp3) is 0.600. The highest BCUT2D eigenvalue weighted by molar-refractivity contribution is 7.89. The minimum atomic E-state index is -3.99. The van der Waals surface area contributed by atoms with Gasteiger partial charge in [0, 0.05) is 28.9 Å². The lowest BCUT2D eigenvalue weighted by Crippen LogP contribution is -2.34. The summed E-state index contributed by atoms with van der Waals surface area (Å²) < 4.78 is 37.7. The zero-order valence-corrected chi connectivity index (χ0v) is 13.0. The van der Waals surface area contributed by atoms with Crippen LogP contribution in [-0.2, 0) is 20.8 Å². The fourth-order valence-electron chi connectivity index (χ4n) is 1.62. The van der Waals surface area contributed by atoms with Crippen molar-refractivity contribution < 1.29 is 22.5 Å². The van der Waals surface area contributed by atoms with Gasteiger partial charge in [-0.1, -0.05) is 0 Å². The van der Waals surface area contributed by atoms with E-state index in [0.29, 0.717) is 12.2 Å². The molecule has 2 unspecified atom stereocenters. The van der Waals surface area contributed by atoms with Crippen LogP contribution in [-0.4, -0.2) is 52.0 Å². The van der Waals surface area contributed by atoms with Gasteiger partial charge in [0.15, 0.2) is 5.69 Å². The smallest absolute Gasteiger partial charge is 0.357 e. The second-order valence-electron chi connectivity index (χ2n) is 4.42. The Hall–Kier alpha value is -1.26. The van der Waals surface area contributed by atoms with Crippen molar-refractivity contribution in [2.24, 2.45) is 0 Å². The molecule has 0 aromatic carbocycles. The number of aromatic amines is 1. The maximum absolute atomic E-state index is 12.2. The lowest BCUT2D eigenvalue weighted by Gasteiger charge is -2.13. The number of nitrogens with one attached hydrogen (secondary N) is 2. The molecule has 0 aliphatic carbocycles. The number of aromatic nitrogens is 2. The molecule has 10 heteroatoms. The average molecular weight is 323 g/mol. The van der Waals surface area contributed by atoms with E-state index in [-0.39, 0.29) is 10.6 Å². The third-order valence-corrected chi connectivity index (χ3v) is 5.12. The summed E-state index contributed by atoms with van der Waals surface area (Å²) in [5.74, 6) is -1.06. The molecule has 0 saturated carbocycles. The Balaban J connectivity index is 2.97. The summed E-state index contributed by atoms with van der Waals surface area (Å²) in [6.07, 6.45) is 1.92. The van der Waals surface area contributed by atoms with Crippen molar-refractivity contribution in [1.29, 1.82) is 0 Å². The zero-order chi connectivity index (χ0) is 15.5. The highest BCUT2D eigenvalue weighted by Gasteiger charge is 2.29. The van der Waals surface area contributed by atoms with Gasteiger partial charge < -0.3 is 5.11 Å². The maximum atomic E-state index is 12.2. The van der Waals surface area contributed by atoms with Crippen LogP contribution in [0.1, 0.15) is 29.5 Å². The lowest BCUT2D eigenvalue weighted by atomic mass is 10.3. The van der Waals surface area contributed by atoms with Gasteiger partial charge in [-0.3, -0.25) is 9.31 Å². The minimum absolute atomic E-state index is 0.154. The summed E-state index contributed by atoms with van der Waals surface area (Å²) in [6.45, 7) is 3.06. The SMILES string of the molecule is Cc1[nH]nc(C(=O)O)c1S(=O)(=O)NC(C)CCS(C)=O. The summed E-state index contributed by atoms with van der Waals surface area (Å²) >= 11 is 0. The van der Waals surface area contributed by atoms with E-state index < -0.39 is 38.5 Å². The molecule has 0 saturated heterocycles. The van der Waals surface area contributed by atoms with E-state index in [1.807, 2.05) is 0 Å². The molecule has 0 spiro atoms. The summed E-state index contributed by atoms with van der Waals surface area (Å²) in [4.78, 5) is 10.6. The second-order valence-corrected chi connectivity index (χ2v) is 7.63. The summed E-state index contributed by atoms with van der Waals surface area (Å²) in [6, 6.07) is -0.458. The van der Waals surface area contributed by atoms with E-state index in [2.05, 4.69) is 14.9 Å². The molecule has 1 heterocycles. The number of nitrogens with zero attached hydrogens (tertiary/aromatic N) is 1. The summed E-state index contributed by atoms with van der Waals surface area (Å²) in [5, 5.41) is 14.8. The topological polar surface area (TPSA) is 129 Å². The van der Waals surface area contributed by atoms with Crippen LogP contribution in [0.2, 0.25) is 0 Å². The number of aromatic carboxylic acids is 1. The number of carbonyl (C=O) groups is 1. The number of rotatable bonds is 7. The number of carboxylic acids is 1. The summed E-state index contributed by atoms with van der Waals surface area (Å²) in [5.41, 5.74) is -0.387. The Bertz CT molecular complexity index is 623. The second kappa shape index (κ2) is 6.46. The molecule has 1 rings (SSSR count). The van der Waals surface area contributed by atoms with Crippen molar-refractivity contribution in [1.82, 2.24) is 14.9 Å². The molecule has 0 aliphatic rings. The molecule has 0 radical (unpaired) electrons. The molecule has 3 N–H and O–H groups in total. The van der Waals surface area contributed by atoms with Gasteiger partial charge in [-0.2, -0.15) is 5.10 Å². The van der Waals surface area contributed by atoms with Gasteiger partial charge in [0.05, 0.1) is 5.69 Å². The van der Waals surface area contributed by atoms with E-state index in [0.717, 1.165) is 0 Å². The van der Waals surface area contributed by atoms with Crippen LogP contribution in [0.25, 0.3) is 0 Å². The number of carboxylic acid groups (broad SMARTS) is 1. The maximum Gasteiger partial charge on any atom is 0.357 e. The highest BCUT2D eigenvalue weighted by Crippen LogP contribution is 2.18. The van der Waals surface area contributed by atoms with Crippen LogP contribution < -0.4 is 4.72 Å². The number of hydrogen-bond acceptors (Lipinski definition) is 5. The monoisotopic (exact) mass is 323 g/mol. The Morgan fingerprint density at radius 3 is 2.65 bits per heavy atom. The third-order valence-electron chi connectivity index (χ3n) is 2.56. The van der Waals surface area contributed by atoms with E-state index in [9.17, 15) is 17.4 Å². The first-order valence-corrected chi connectivity index (χ1v) is 8.96. The lowest BCUT2D eigenvalue weighted by molar-refractivity contribution is 0.0686. The Morgan fingerprint density at radius 1 is 1.55 bits per heavy atom. The van der Waals surface area contributed by atoms with Crippen LogP contribution in [0, 0.1) is 6.92 Å². The van der Waals surface area contributed by atoms with Crippen LogP contribution in [0.4, 0.5) is 0 Å². The molecule has 1 aromatic rings. The number of hydrogen-bond donors (Lipinski definition) is 3. The molecule has 1 aromatic heterocycles. The molecule has 0 bridgehead atoms. The Kier molecular flexibility index (Phi) is 5.42. The summed E-state index contributed by atoms with van der Waals surface area (Å²) in [7, 11) is -5.01. The first-order chi connectivity index (χ1) is 9.15. The van der Waals surface area contributed by atoms with E-state index in [1.54, 1.807) is 6.92 Å². The zero-order valence-electron chi connectivity index (χ0n) is 11.3. The minimum Gasteiger partial charge on any atom is -0.476 e. The molecular weight excluding hydrogens is 306 g/mol. The number of aryl methyl sites for hydroxylation is 1. The van der Waals surface area contributed by atoms with Gasteiger partial charge in [0.1, 0.15) is 4.90 Å². The molecule has 0 aliphatic heterocycles. The van der Waals surface area contributed by atoms with Crippen molar-refractivity contribution in [3.8, 4) is 0 Å². The number of H-pyrrole nitrogens is 1. The predicted molar refractivity (Wildman–Crippen MR) is 73.6 cm³/mol. The van der Waals surface area contributed by atoms with Crippen molar-refractivity contribution in [2.75, 3.05) is 12.0 Å². The predicted octanol–water partition coefficient (Wildman–Crippen LogP) is -0.148. The van der Waals surface area contributed by atoms with Gasteiger partial charge in [0.25, 0.3) is 0 Å². The standard InChI is InChI=1S/C10H17N3O5S2/c1-6(4-5-19(3)16)13-20(17,18)9-7(2)11-12-8(9)10(14)15/h6,13H,4-5H2,1-3H3,(H,11,12)(H,14,15). The quantitative estimate of drug-likeness (QED) is 0.640. The van der Waals surface area contributed by atoms with E-state index in [4.69, 9.17) is 5.11 Å². The average Bonchev–Trinajstić information content (AvgIpc) is 2.68. The molecule has 114 valence electrons. The first kappa shape index (κ1) is 16.8. The van der Waals surface area contributed by atoms with Gasteiger partial charge in [-0.25, -0.2) is 17.9 Å². The van der Waals surface area contributed by atoms with Crippen molar-refractivity contribution in [2.45, 2.75) is 31.2 Å². The molecular formula is C10H17N3O5S2. The van der Waals surface area contributed by atoms with Crippen LogP contribution >= 0.6 is 0 Å². The van der Waals surface area contributed by atoms with E-state index in [1.165, 1.54) is 13.2 Å². The molecule has 0 fully saturated rings. The van der Waals surface area contributed by atoms with Gasteiger partial charge in [-0.15, -0.1) is 0 Å². The van der Waals surface area contributed by atoms with Crippen molar-refractivity contribution in [3.05, 3.63) is 11.4 Å². The normalized spacial score (nSPS) is 14.9. The molecule has 0 amide bonds.